The molecule has 0 radical (unpaired) electrons. The van der Waals surface area contributed by atoms with Crippen molar-refractivity contribution in [2.24, 2.45) is 0 Å². The molecule has 22 heavy (non-hydrogen) atoms. The number of anilines is 1. The Bertz CT molecular complexity index is 756. The number of sulfonamides is 1. The van der Waals surface area contributed by atoms with Gasteiger partial charge in [0.25, 0.3) is 10.0 Å². The average molecular weight is 342 g/mol. The Balaban J connectivity index is 2.05. The SMILES string of the molecule is COCCn1cc(NS(=O)(=O)C=Cc2ccccc2Cl)cn1. The summed E-state index contributed by atoms with van der Waals surface area (Å²) in [5.74, 6) is 0. The summed E-state index contributed by atoms with van der Waals surface area (Å²) in [7, 11) is -2.04. The van der Waals surface area contributed by atoms with E-state index in [0.717, 1.165) is 5.41 Å². The highest BCUT2D eigenvalue weighted by atomic mass is 35.5. The van der Waals surface area contributed by atoms with Crippen molar-refractivity contribution in [1.82, 2.24) is 9.78 Å². The van der Waals surface area contributed by atoms with Gasteiger partial charge in [-0.3, -0.25) is 9.40 Å². The summed E-state index contributed by atoms with van der Waals surface area (Å²) in [6.07, 6.45) is 4.48. The van der Waals surface area contributed by atoms with Crippen LogP contribution >= 0.6 is 11.6 Å². The molecule has 0 atom stereocenters. The third-order valence-electron chi connectivity index (χ3n) is 2.75. The van der Waals surface area contributed by atoms with Gasteiger partial charge in [0, 0.05) is 18.3 Å². The Morgan fingerprint density at radius 3 is 2.91 bits per heavy atom. The van der Waals surface area contributed by atoms with E-state index in [1.807, 2.05) is 0 Å². The van der Waals surface area contributed by atoms with Crippen molar-refractivity contribution in [3.63, 3.8) is 0 Å². The smallest absolute Gasteiger partial charge is 0.255 e. The van der Waals surface area contributed by atoms with Crippen LogP contribution in [0.25, 0.3) is 6.08 Å². The van der Waals surface area contributed by atoms with Crippen molar-refractivity contribution >= 4 is 33.4 Å². The molecule has 118 valence electrons. The van der Waals surface area contributed by atoms with Gasteiger partial charge in [-0.25, -0.2) is 8.42 Å². The first kappa shape index (κ1) is 16.5. The minimum Gasteiger partial charge on any atom is -0.383 e. The molecule has 0 aliphatic carbocycles. The van der Waals surface area contributed by atoms with Gasteiger partial charge in [0.15, 0.2) is 0 Å². The lowest BCUT2D eigenvalue weighted by Crippen LogP contribution is -2.08. The topological polar surface area (TPSA) is 73.2 Å². The van der Waals surface area contributed by atoms with Crippen LogP contribution in [0.4, 0.5) is 5.69 Å². The highest BCUT2D eigenvalue weighted by Gasteiger charge is 2.08. The standard InChI is InChI=1S/C14H16ClN3O3S/c1-21-8-7-18-11-13(10-16-18)17-22(19,20)9-6-12-4-2-3-5-14(12)15/h2-6,9-11,17H,7-8H2,1H3. The molecule has 0 bridgehead atoms. The van der Waals surface area contributed by atoms with Crippen LogP contribution in [0, 0.1) is 0 Å². The lowest BCUT2D eigenvalue weighted by atomic mass is 10.2. The second kappa shape index (κ2) is 7.44. The molecule has 0 aliphatic heterocycles. The molecular weight excluding hydrogens is 326 g/mol. The van der Waals surface area contributed by atoms with Crippen LogP contribution in [0.3, 0.4) is 0 Å². The predicted octanol–water partition coefficient (Wildman–Crippen LogP) is 2.60. The second-order valence-electron chi connectivity index (χ2n) is 4.46. The van der Waals surface area contributed by atoms with Gasteiger partial charge >= 0.3 is 0 Å². The monoisotopic (exact) mass is 341 g/mol. The maximum Gasteiger partial charge on any atom is 0.255 e. The third-order valence-corrected chi connectivity index (χ3v) is 4.11. The molecule has 1 aromatic carbocycles. The van der Waals surface area contributed by atoms with E-state index in [-0.39, 0.29) is 0 Å². The number of rotatable bonds is 7. The first-order chi connectivity index (χ1) is 10.5. The summed E-state index contributed by atoms with van der Waals surface area (Å²) >= 11 is 5.97. The molecule has 0 saturated carbocycles. The van der Waals surface area contributed by atoms with Gasteiger partial charge in [-0.2, -0.15) is 5.10 Å². The Morgan fingerprint density at radius 2 is 2.18 bits per heavy atom. The summed E-state index contributed by atoms with van der Waals surface area (Å²) in [4.78, 5) is 0. The zero-order chi connectivity index (χ0) is 16.0. The number of hydrogen-bond donors (Lipinski definition) is 1. The molecule has 1 N–H and O–H groups in total. The molecule has 1 heterocycles. The third kappa shape index (κ3) is 4.87. The van der Waals surface area contributed by atoms with Gasteiger partial charge < -0.3 is 4.74 Å². The number of nitrogens with one attached hydrogen (secondary N) is 1. The van der Waals surface area contributed by atoms with Crippen LogP contribution < -0.4 is 4.72 Å². The molecule has 0 unspecified atom stereocenters. The van der Waals surface area contributed by atoms with Crippen LogP contribution in [-0.2, 0) is 21.3 Å². The molecule has 0 aliphatic rings. The van der Waals surface area contributed by atoms with E-state index in [1.54, 1.807) is 42.3 Å². The fourth-order valence-electron chi connectivity index (χ4n) is 1.69. The minimum atomic E-state index is -3.63. The Labute approximate surface area is 134 Å². The van der Waals surface area contributed by atoms with Crippen molar-refractivity contribution in [1.29, 1.82) is 0 Å². The molecule has 6 nitrogen and oxygen atoms in total. The van der Waals surface area contributed by atoms with Crippen LogP contribution in [0.5, 0.6) is 0 Å². The molecular formula is C14H16ClN3O3S. The number of benzene rings is 1. The molecule has 1 aromatic heterocycles. The van der Waals surface area contributed by atoms with Crippen molar-refractivity contribution < 1.29 is 13.2 Å². The first-order valence-electron chi connectivity index (χ1n) is 6.47. The maximum absolute atomic E-state index is 12.0. The number of ether oxygens (including phenoxy) is 1. The second-order valence-corrected chi connectivity index (χ2v) is 6.43. The van der Waals surface area contributed by atoms with Gasteiger partial charge in [-0.15, -0.1) is 0 Å². The van der Waals surface area contributed by atoms with E-state index in [0.29, 0.717) is 29.4 Å². The molecule has 0 saturated heterocycles. The number of nitrogens with zero attached hydrogens (tertiary/aromatic N) is 2. The van der Waals surface area contributed by atoms with Gasteiger partial charge in [0.2, 0.25) is 0 Å². The summed E-state index contributed by atoms with van der Waals surface area (Å²) < 4.78 is 33.0. The highest BCUT2D eigenvalue weighted by Crippen LogP contribution is 2.17. The lowest BCUT2D eigenvalue weighted by Gasteiger charge is -2.01. The zero-order valence-corrected chi connectivity index (χ0v) is 13.5. The highest BCUT2D eigenvalue weighted by molar-refractivity contribution is 7.95. The fraction of sp³-hybridized carbons (Fsp3) is 0.214. The molecule has 0 amide bonds. The van der Waals surface area contributed by atoms with E-state index in [4.69, 9.17) is 16.3 Å². The van der Waals surface area contributed by atoms with Crippen molar-refractivity contribution in [2.75, 3.05) is 18.4 Å². The Kier molecular flexibility index (Phi) is 5.59. The van der Waals surface area contributed by atoms with E-state index < -0.39 is 10.0 Å². The van der Waals surface area contributed by atoms with Crippen LogP contribution in [0.1, 0.15) is 5.56 Å². The van der Waals surface area contributed by atoms with Gasteiger partial charge in [0.1, 0.15) is 0 Å². The molecule has 2 aromatic rings. The van der Waals surface area contributed by atoms with Crippen LogP contribution in [0.15, 0.2) is 42.1 Å². The normalized spacial score (nSPS) is 11.9. The number of methoxy groups -OCH3 is 1. The molecule has 0 fully saturated rings. The van der Waals surface area contributed by atoms with Crippen molar-refractivity contribution in [3.8, 4) is 0 Å². The fourth-order valence-corrected chi connectivity index (χ4v) is 2.72. The quantitative estimate of drug-likeness (QED) is 0.840. The minimum absolute atomic E-state index is 0.389. The summed E-state index contributed by atoms with van der Waals surface area (Å²) in [6.45, 7) is 1.05. The molecule has 2 rings (SSSR count). The largest absolute Gasteiger partial charge is 0.383 e. The lowest BCUT2D eigenvalue weighted by molar-refractivity contribution is 0.183. The Hall–Kier alpha value is -1.83. The van der Waals surface area contributed by atoms with E-state index >= 15 is 0 Å². The number of aromatic nitrogens is 2. The summed E-state index contributed by atoms with van der Waals surface area (Å²) in [5, 5.41) is 5.59. The predicted molar refractivity (Wildman–Crippen MR) is 87.1 cm³/mol. The van der Waals surface area contributed by atoms with E-state index in [1.165, 1.54) is 12.3 Å². The summed E-state index contributed by atoms with van der Waals surface area (Å²) in [6, 6.07) is 6.99. The van der Waals surface area contributed by atoms with Crippen LogP contribution in [-0.4, -0.2) is 31.9 Å². The number of halogens is 1. The first-order valence-corrected chi connectivity index (χ1v) is 8.39. The molecule has 0 spiro atoms. The van der Waals surface area contributed by atoms with E-state index in [9.17, 15) is 8.42 Å². The number of hydrogen-bond acceptors (Lipinski definition) is 4. The maximum atomic E-state index is 12.0. The Morgan fingerprint density at radius 1 is 1.41 bits per heavy atom. The van der Waals surface area contributed by atoms with Crippen LogP contribution in [0.2, 0.25) is 5.02 Å². The summed E-state index contributed by atoms with van der Waals surface area (Å²) in [5.41, 5.74) is 1.02. The van der Waals surface area contributed by atoms with Gasteiger partial charge in [-0.1, -0.05) is 29.8 Å². The van der Waals surface area contributed by atoms with E-state index in [2.05, 4.69) is 9.82 Å². The zero-order valence-electron chi connectivity index (χ0n) is 11.9. The average Bonchev–Trinajstić information content (AvgIpc) is 2.91. The van der Waals surface area contributed by atoms with Gasteiger partial charge in [-0.05, 0) is 17.7 Å². The van der Waals surface area contributed by atoms with Crippen molar-refractivity contribution in [3.05, 3.63) is 52.7 Å². The van der Waals surface area contributed by atoms with Crippen molar-refractivity contribution in [2.45, 2.75) is 6.54 Å². The van der Waals surface area contributed by atoms with Gasteiger partial charge in [0.05, 0.1) is 30.4 Å². The molecule has 8 heteroatoms.